The molecule has 0 saturated carbocycles. The number of aromatic nitrogens is 1. The molecule has 2 rings (SSSR count). The molecule has 0 saturated heterocycles. The highest BCUT2D eigenvalue weighted by Gasteiger charge is 2.07. The molecule has 0 radical (unpaired) electrons. The van der Waals surface area contributed by atoms with Crippen LogP contribution in [0.5, 0.6) is 0 Å². The van der Waals surface area contributed by atoms with Crippen molar-refractivity contribution in [1.29, 1.82) is 0 Å². The molecule has 0 spiro atoms. The Bertz CT molecular complexity index is 487. The number of hydrogen-bond acceptors (Lipinski definition) is 3. The van der Waals surface area contributed by atoms with E-state index in [2.05, 4.69) is 39.2 Å². The Morgan fingerprint density at radius 1 is 1.53 bits per heavy atom. The van der Waals surface area contributed by atoms with E-state index in [1.165, 1.54) is 5.56 Å². The predicted octanol–water partition coefficient (Wildman–Crippen LogP) is 4.41. The van der Waals surface area contributed by atoms with Crippen molar-refractivity contribution in [3.05, 3.63) is 49.8 Å². The highest BCUT2D eigenvalue weighted by atomic mass is 79.9. The summed E-state index contributed by atoms with van der Waals surface area (Å²) >= 11 is 11.1. The van der Waals surface area contributed by atoms with Gasteiger partial charge in [-0.2, -0.15) is 0 Å². The van der Waals surface area contributed by atoms with Crippen LogP contribution in [0, 0.1) is 0 Å². The Morgan fingerprint density at radius 3 is 3.00 bits per heavy atom. The number of thiazole rings is 1. The maximum absolute atomic E-state index is 6.04. The van der Waals surface area contributed by atoms with E-state index in [4.69, 9.17) is 11.6 Å². The minimum absolute atomic E-state index is 0.262. The molecule has 17 heavy (non-hydrogen) atoms. The van der Waals surface area contributed by atoms with Gasteiger partial charge in [-0.15, -0.1) is 11.3 Å². The monoisotopic (exact) mass is 330 g/mol. The first kappa shape index (κ1) is 13.0. The number of nitrogens with zero attached hydrogens (tertiary/aromatic N) is 1. The van der Waals surface area contributed by atoms with Gasteiger partial charge in [-0.05, 0) is 40.5 Å². The third kappa shape index (κ3) is 3.52. The zero-order chi connectivity index (χ0) is 12.3. The Kier molecular flexibility index (Phi) is 4.56. The summed E-state index contributed by atoms with van der Waals surface area (Å²) in [5, 5.41) is 7.26. The molecule has 90 valence electrons. The second-order valence-corrected chi connectivity index (χ2v) is 5.91. The first-order valence-corrected chi connectivity index (χ1v) is 7.28. The lowest BCUT2D eigenvalue weighted by molar-refractivity contribution is 0.572. The van der Waals surface area contributed by atoms with E-state index in [0.29, 0.717) is 0 Å². The van der Waals surface area contributed by atoms with Crippen molar-refractivity contribution < 1.29 is 0 Å². The summed E-state index contributed by atoms with van der Waals surface area (Å²) in [5.41, 5.74) is 1.17. The van der Waals surface area contributed by atoms with Crippen molar-refractivity contribution in [3.8, 4) is 0 Å². The summed E-state index contributed by atoms with van der Waals surface area (Å²) in [7, 11) is 0. The fourth-order valence-corrected chi connectivity index (χ4v) is 2.58. The van der Waals surface area contributed by atoms with Crippen LogP contribution in [-0.2, 0) is 6.54 Å². The maximum atomic E-state index is 6.04. The van der Waals surface area contributed by atoms with E-state index in [-0.39, 0.29) is 6.04 Å². The minimum Gasteiger partial charge on any atom is -0.304 e. The summed E-state index contributed by atoms with van der Waals surface area (Å²) in [5.74, 6) is 0. The van der Waals surface area contributed by atoms with Crippen LogP contribution >= 0.6 is 38.9 Å². The third-order valence-corrected chi connectivity index (χ3v) is 4.61. The molecule has 0 amide bonds. The first-order chi connectivity index (χ1) is 8.16. The van der Waals surface area contributed by atoms with Crippen molar-refractivity contribution in [2.75, 3.05) is 0 Å². The van der Waals surface area contributed by atoms with Crippen LogP contribution < -0.4 is 5.32 Å². The van der Waals surface area contributed by atoms with Gasteiger partial charge in [-0.25, -0.2) is 4.98 Å². The van der Waals surface area contributed by atoms with E-state index in [0.717, 1.165) is 21.0 Å². The number of halogens is 2. The Hall–Kier alpha value is -0.420. The molecule has 0 fully saturated rings. The molecule has 5 heteroatoms. The van der Waals surface area contributed by atoms with Crippen LogP contribution in [0.1, 0.15) is 23.5 Å². The van der Waals surface area contributed by atoms with Gasteiger partial charge in [0.25, 0.3) is 0 Å². The Balaban J connectivity index is 1.96. The molecule has 0 aliphatic rings. The molecule has 2 aromatic rings. The number of hydrogen-bond donors (Lipinski definition) is 1. The molecule has 0 aliphatic carbocycles. The highest BCUT2D eigenvalue weighted by molar-refractivity contribution is 9.10. The van der Waals surface area contributed by atoms with Crippen LogP contribution in [0.25, 0.3) is 0 Å². The fraction of sp³-hybridized carbons (Fsp3) is 0.250. The van der Waals surface area contributed by atoms with Crippen molar-refractivity contribution in [2.24, 2.45) is 0 Å². The lowest BCUT2D eigenvalue weighted by Gasteiger charge is -2.11. The van der Waals surface area contributed by atoms with Crippen molar-refractivity contribution in [1.82, 2.24) is 10.3 Å². The van der Waals surface area contributed by atoms with Crippen LogP contribution in [0.4, 0.5) is 0 Å². The molecule has 0 aliphatic heterocycles. The van der Waals surface area contributed by atoms with E-state index in [9.17, 15) is 0 Å². The highest BCUT2D eigenvalue weighted by Crippen LogP contribution is 2.23. The molecule has 1 unspecified atom stereocenters. The van der Waals surface area contributed by atoms with Crippen molar-refractivity contribution in [2.45, 2.75) is 19.5 Å². The number of rotatable bonds is 4. The van der Waals surface area contributed by atoms with Gasteiger partial charge in [0.05, 0.1) is 11.1 Å². The summed E-state index contributed by atoms with van der Waals surface area (Å²) in [6, 6.07) is 6.25. The fourth-order valence-electron chi connectivity index (χ4n) is 1.46. The molecular formula is C12H12BrClN2S. The van der Waals surface area contributed by atoms with E-state index in [1.54, 1.807) is 11.3 Å². The van der Waals surface area contributed by atoms with Crippen molar-refractivity contribution >= 4 is 38.9 Å². The van der Waals surface area contributed by atoms with Crippen LogP contribution in [0.3, 0.4) is 0 Å². The molecule has 1 atom stereocenters. The third-order valence-electron chi connectivity index (χ3n) is 2.42. The van der Waals surface area contributed by atoms with Gasteiger partial charge in [0.1, 0.15) is 5.01 Å². The van der Waals surface area contributed by atoms with Gasteiger partial charge >= 0.3 is 0 Å². The molecule has 1 heterocycles. The van der Waals surface area contributed by atoms with Gasteiger partial charge in [0, 0.05) is 22.6 Å². The first-order valence-electron chi connectivity index (χ1n) is 5.23. The SMILES string of the molecule is CC(NCc1ccc(Br)c(Cl)c1)c1nccs1. The largest absolute Gasteiger partial charge is 0.304 e. The summed E-state index contributed by atoms with van der Waals surface area (Å²) in [6.07, 6.45) is 1.83. The summed E-state index contributed by atoms with van der Waals surface area (Å²) in [6.45, 7) is 2.90. The normalized spacial score (nSPS) is 12.6. The molecule has 2 nitrogen and oxygen atoms in total. The maximum Gasteiger partial charge on any atom is 0.109 e. The Labute approximate surface area is 118 Å². The quantitative estimate of drug-likeness (QED) is 0.897. The van der Waals surface area contributed by atoms with Gasteiger partial charge in [0.2, 0.25) is 0 Å². The molecule has 0 bridgehead atoms. The second-order valence-electron chi connectivity index (χ2n) is 3.72. The topological polar surface area (TPSA) is 24.9 Å². The van der Waals surface area contributed by atoms with Gasteiger partial charge in [0.15, 0.2) is 0 Å². The zero-order valence-corrected chi connectivity index (χ0v) is 12.4. The van der Waals surface area contributed by atoms with E-state index in [1.807, 2.05) is 23.7 Å². The minimum atomic E-state index is 0.262. The van der Waals surface area contributed by atoms with Gasteiger partial charge in [-0.1, -0.05) is 17.7 Å². The van der Waals surface area contributed by atoms with E-state index >= 15 is 0 Å². The van der Waals surface area contributed by atoms with Crippen LogP contribution in [0.2, 0.25) is 5.02 Å². The molecule has 1 aromatic carbocycles. The van der Waals surface area contributed by atoms with Crippen LogP contribution in [-0.4, -0.2) is 4.98 Å². The molecular weight excluding hydrogens is 320 g/mol. The van der Waals surface area contributed by atoms with E-state index < -0.39 is 0 Å². The Morgan fingerprint density at radius 2 is 2.35 bits per heavy atom. The number of nitrogens with one attached hydrogen (secondary N) is 1. The smallest absolute Gasteiger partial charge is 0.109 e. The zero-order valence-electron chi connectivity index (χ0n) is 9.28. The lowest BCUT2D eigenvalue weighted by Crippen LogP contribution is -2.17. The average Bonchev–Trinajstić information content (AvgIpc) is 2.84. The summed E-state index contributed by atoms with van der Waals surface area (Å²) in [4.78, 5) is 4.28. The second kappa shape index (κ2) is 5.96. The molecule has 1 N–H and O–H groups in total. The van der Waals surface area contributed by atoms with Gasteiger partial charge in [-0.3, -0.25) is 0 Å². The number of benzene rings is 1. The van der Waals surface area contributed by atoms with Crippen LogP contribution in [0.15, 0.2) is 34.2 Å². The summed E-state index contributed by atoms with van der Waals surface area (Å²) < 4.78 is 0.927. The predicted molar refractivity (Wildman–Crippen MR) is 76.5 cm³/mol. The van der Waals surface area contributed by atoms with Crippen molar-refractivity contribution in [3.63, 3.8) is 0 Å². The lowest BCUT2D eigenvalue weighted by atomic mass is 10.2. The standard InChI is InChI=1S/C12H12BrClN2S/c1-8(12-15-4-5-17-12)16-7-9-2-3-10(13)11(14)6-9/h2-6,8,16H,7H2,1H3. The average molecular weight is 332 g/mol. The molecule has 1 aromatic heterocycles. The van der Waals surface area contributed by atoms with Gasteiger partial charge < -0.3 is 5.32 Å².